The Morgan fingerprint density at radius 3 is 2.34 bits per heavy atom. The van der Waals surface area contributed by atoms with Crippen molar-refractivity contribution in [3.63, 3.8) is 0 Å². The second-order valence-corrected chi connectivity index (χ2v) is 11.1. The number of methoxy groups -OCH3 is 1. The van der Waals surface area contributed by atoms with E-state index in [0.717, 1.165) is 25.2 Å². The minimum absolute atomic E-state index is 0.0547. The van der Waals surface area contributed by atoms with E-state index in [1.807, 2.05) is 0 Å². The van der Waals surface area contributed by atoms with Crippen LogP contribution in [0.2, 0.25) is 0 Å². The summed E-state index contributed by atoms with van der Waals surface area (Å²) in [6.45, 7) is 3.78. The minimum atomic E-state index is -4.00. The second-order valence-electron chi connectivity index (χ2n) is 8.36. The van der Waals surface area contributed by atoms with Gasteiger partial charge in [-0.3, -0.25) is 9.21 Å². The Kier molecular flexibility index (Phi) is 8.20. The van der Waals surface area contributed by atoms with Crippen LogP contribution in [-0.2, 0) is 16.6 Å². The summed E-state index contributed by atoms with van der Waals surface area (Å²) in [6, 6.07) is 18.4. The number of sulfonamides is 1. The summed E-state index contributed by atoms with van der Waals surface area (Å²) in [4.78, 5) is 2.44. The van der Waals surface area contributed by atoms with Gasteiger partial charge in [0.1, 0.15) is 28.8 Å². The topological polar surface area (TPSA) is 79.3 Å². The number of hydrogen-bond acceptors (Lipinski definition) is 6. The van der Waals surface area contributed by atoms with Crippen molar-refractivity contribution in [1.29, 1.82) is 0 Å². The molecule has 3 aromatic rings. The van der Waals surface area contributed by atoms with Crippen LogP contribution < -0.4 is 13.8 Å². The molecule has 1 saturated heterocycles. The van der Waals surface area contributed by atoms with Gasteiger partial charge in [-0.1, -0.05) is 28.1 Å². The monoisotopic (exact) mass is 560 g/mol. The molecule has 1 fully saturated rings. The van der Waals surface area contributed by atoms with Gasteiger partial charge in [0.25, 0.3) is 10.0 Å². The van der Waals surface area contributed by atoms with Gasteiger partial charge in [-0.15, -0.1) is 0 Å². The Balaban J connectivity index is 1.61. The van der Waals surface area contributed by atoms with Crippen LogP contribution in [0, 0.1) is 0 Å². The first-order valence-corrected chi connectivity index (χ1v) is 13.7. The first kappa shape index (κ1) is 25.3. The van der Waals surface area contributed by atoms with E-state index in [0.29, 0.717) is 22.5 Å². The zero-order valence-corrected chi connectivity index (χ0v) is 22.0. The molecule has 4 rings (SSSR count). The van der Waals surface area contributed by atoms with Crippen LogP contribution in [0.5, 0.6) is 17.2 Å². The highest BCUT2D eigenvalue weighted by Gasteiger charge is 2.29. The van der Waals surface area contributed by atoms with Crippen molar-refractivity contribution in [1.82, 2.24) is 4.90 Å². The van der Waals surface area contributed by atoms with Gasteiger partial charge in [0.05, 0.1) is 19.3 Å². The van der Waals surface area contributed by atoms with Crippen molar-refractivity contribution >= 4 is 31.6 Å². The molecule has 0 bridgehead atoms. The lowest BCUT2D eigenvalue weighted by Gasteiger charge is -2.26. The maximum atomic E-state index is 13.9. The number of halogens is 1. The van der Waals surface area contributed by atoms with E-state index in [2.05, 4.69) is 20.8 Å². The molecule has 186 valence electrons. The number of hydrogen-bond donors (Lipinski definition) is 1. The molecule has 0 saturated carbocycles. The number of rotatable bonds is 10. The van der Waals surface area contributed by atoms with Crippen LogP contribution in [0.4, 0.5) is 5.69 Å². The van der Waals surface area contributed by atoms with Crippen molar-refractivity contribution < 1.29 is 23.0 Å². The van der Waals surface area contributed by atoms with Crippen LogP contribution in [-0.4, -0.2) is 51.8 Å². The zero-order valence-electron chi connectivity index (χ0n) is 19.6. The summed E-state index contributed by atoms with van der Waals surface area (Å²) < 4.78 is 41.0. The molecule has 0 unspecified atom stereocenters. The molecule has 0 aromatic heterocycles. The summed E-state index contributed by atoms with van der Waals surface area (Å²) in [5.74, 6) is 1.06. The summed E-state index contributed by atoms with van der Waals surface area (Å²) in [6.07, 6.45) is 2.48. The molecular weight excluding hydrogens is 532 g/mol. The average molecular weight is 561 g/mol. The maximum Gasteiger partial charge on any atom is 0.268 e. The smallest absolute Gasteiger partial charge is 0.268 e. The Labute approximate surface area is 215 Å². The van der Waals surface area contributed by atoms with Crippen molar-refractivity contribution in [2.75, 3.05) is 37.7 Å². The molecule has 1 heterocycles. The fraction of sp³-hybridized carbons (Fsp3) is 0.308. The normalized spacial score (nSPS) is 14.1. The predicted molar refractivity (Wildman–Crippen MR) is 140 cm³/mol. The molecule has 0 aliphatic carbocycles. The van der Waals surface area contributed by atoms with Crippen molar-refractivity contribution in [2.45, 2.75) is 24.3 Å². The summed E-state index contributed by atoms with van der Waals surface area (Å²) >= 11 is 3.37. The molecule has 9 heteroatoms. The number of nitrogens with zero attached hydrogens (tertiary/aromatic N) is 2. The summed E-state index contributed by atoms with van der Waals surface area (Å²) in [5.41, 5.74) is 1.22. The van der Waals surface area contributed by atoms with E-state index in [1.54, 1.807) is 48.5 Å². The number of phenols is 1. The zero-order chi connectivity index (χ0) is 24.8. The molecular formula is C26H29BrN2O5S. The van der Waals surface area contributed by atoms with Gasteiger partial charge in [-0.25, -0.2) is 8.42 Å². The van der Waals surface area contributed by atoms with E-state index in [1.165, 1.54) is 42.5 Å². The number of ether oxygens (including phenoxy) is 2. The second kappa shape index (κ2) is 11.3. The standard InChI is InChI=1S/C26H29BrN2O5S/c1-33-25-13-6-21(27)18-26(25)35(31,32)29(19-20-4-9-23(30)10-5-20)22-7-11-24(12-8-22)34-17-16-28-14-2-3-15-28/h4-13,18,30H,2-3,14-17,19H2,1H3. The first-order valence-electron chi connectivity index (χ1n) is 11.5. The van der Waals surface area contributed by atoms with Gasteiger partial charge in [-0.2, -0.15) is 0 Å². The largest absolute Gasteiger partial charge is 0.508 e. The number of phenolic OH excluding ortho intramolecular Hbond substituents is 1. The molecule has 0 atom stereocenters. The SMILES string of the molecule is COc1ccc(Br)cc1S(=O)(=O)N(Cc1ccc(O)cc1)c1ccc(OCCN2CCCC2)cc1. The van der Waals surface area contributed by atoms with Gasteiger partial charge in [0.2, 0.25) is 0 Å². The third-order valence-corrected chi connectivity index (χ3v) is 8.24. The van der Waals surface area contributed by atoms with Crippen molar-refractivity contribution in [3.8, 4) is 17.2 Å². The van der Waals surface area contributed by atoms with Gasteiger partial charge < -0.3 is 14.6 Å². The third-order valence-electron chi connectivity index (χ3n) is 5.96. The van der Waals surface area contributed by atoms with E-state index in [9.17, 15) is 13.5 Å². The lowest BCUT2D eigenvalue weighted by molar-refractivity contribution is 0.238. The molecule has 7 nitrogen and oxygen atoms in total. The van der Waals surface area contributed by atoms with E-state index in [4.69, 9.17) is 9.47 Å². The molecule has 0 spiro atoms. The van der Waals surface area contributed by atoms with E-state index < -0.39 is 10.0 Å². The Hall–Kier alpha value is -2.75. The van der Waals surface area contributed by atoms with Crippen molar-refractivity contribution in [3.05, 3.63) is 76.8 Å². The summed E-state index contributed by atoms with van der Waals surface area (Å²) in [7, 11) is -2.55. The molecule has 0 radical (unpaired) electrons. The fourth-order valence-corrected chi connectivity index (χ4v) is 6.21. The number of benzene rings is 3. The van der Waals surface area contributed by atoms with Gasteiger partial charge >= 0.3 is 0 Å². The fourth-order valence-electron chi connectivity index (χ4n) is 4.06. The Bertz CT molecular complexity index is 1230. The Morgan fingerprint density at radius 2 is 1.69 bits per heavy atom. The molecule has 0 amide bonds. The lowest BCUT2D eigenvalue weighted by Crippen LogP contribution is -2.31. The van der Waals surface area contributed by atoms with Crippen LogP contribution >= 0.6 is 15.9 Å². The Morgan fingerprint density at radius 1 is 1.00 bits per heavy atom. The van der Waals surface area contributed by atoms with Crippen molar-refractivity contribution in [2.24, 2.45) is 0 Å². The molecule has 1 N–H and O–H groups in total. The minimum Gasteiger partial charge on any atom is -0.508 e. The lowest BCUT2D eigenvalue weighted by atomic mass is 10.2. The van der Waals surface area contributed by atoms with Gasteiger partial charge in [-0.05, 0) is 86.1 Å². The number of likely N-dealkylation sites (tertiary alicyclic amines) is 1. The number of anilines is 1. The predicted octanol–water partition coefficient (Wildman–Crippen LogP) is 5.03. The third kappa shape index (κ3) is 6.28. The first-order chi connectivity index (χ1) is 16.9. The van der Waals surface area contributed by atoms with Gasteiger partial charge in [0, 0.05) is 11.0 Å². The quantitative estimate of drug-likeness (QED) is 0.374. The van der Waals surface area contributed by atoms with Crippen LogP contribution in [0.25, 0.3) is 0 Å². The molecule has 1 aliphatic heterocycles. The number of aromatic hydroxyl groups is 1. The average Bonchev–Trinajstić information content (AvgIpc) is 3.38. The van der Waals surface area contributed by atoms with Crippen LogP contribution in [0.15, 0.2) is 76.1 Å². The highest BCUT2D eigenvalue weighted by Crippen LogP contribution is 2.34. The van der Waals surface area contributed by atoms with Gasteiger partial charge in [0.15, 0.2) is 0 Å². The van der Waals surface area contributed by atoms with E-state index in [-0.39, 0.29) is 22.9 Å². The molecule has 3 aromatic carbocycles. The van der Waals surface area contributed by atoms with Crippen LogP contribution in [0.1, 0.15) is 18.4 Å². The highest BCUT2D eigenvalue weighted by atomic mass is 79.9. The maximum absolute atomic E-state index is 13.9. The molecule has 35 heavy (non-hydrogen) atoms. The van der Waals surface area contributed by atoms with Crippen LogP contribution in [0.3, 0.4) is 0 Å². The molecule has 1 aliphatic rings. The summed E-state index contributed by atoms with van der Waals surface area (Å²) in [5, 5.41) is 9.64. The van der Waals surface area contributed by atoms with E-state index >= 15 is 0 Å². The highest BCUT2D eigenvalue weighted by molar-refractivity contribution is 9.10.